The van der Waals surface area contributed by atoms with Gasteiger partial charge in [0.15, 0.2) is 11.5 Å². The van der Waals surface area contributed by atoms with E-state index in [1.807, 2.05) is 13.8 Å². The topological polar surface area (TPSA) is 149 Å². The number of benzene rings is 1. The Kier molecular flexibility index (Phi) is 7.14. The molecule has 0 unspecified atom stereocenters. The Morgan fingerprint density at radius 3 is 2.47 bits per heavy atom. The summed E-state index contributed by atoms with van der Waals surface area (Å²) in [4.78, 5) is 48.3. The second kappa shape index (κ2) is 10.4. The predicted molar refractivity (Wildman–Crippen MR) is 136 cm³/mol. The Bertz CT molecular complexity index is 1310. The van der Waals surface area contributed by atoms with Gasteiger partial charge in [-0.15, -0.1) is 0 Å². The number of pyridine rings is 1. The van der Waals surface area contributed by atoms with Gasteiger partial charge in [-0.3, -0.25) is 14.4 Å². The molecule has 0 spiro atoms. The Balaban J connectivity index is 1.66. The molecule has 2 aromatic heterocycles. The van der Waals surface area contributed by atoms with Crippen LogP contribution >= 0.6 is 0 Å². The lowest BCUT2D eigenvalue weighted by atomic mass is 10.0. The summed E-state index contributed by atoms with van der Waals surface area (Å²) < 4.78 is 1.19. The maximum Gasteiger partial charge on any atom is 0.269 e. The molecule has 1 atom stereocenters. The van der Waals surface area contributed by atoms with Gasteiger partial charge in [-0.05, 0) is 57.4 Å². The number of nitrogens with zero attached hydrogens (tertiary/aromatic N) is 4. The van der Waals surface area contributed by atoms with Gasteiger partial charge in [0.2, 0.25) is 5.91 Å². The number of primary amides is 1. The van der Waals surface area contributed by atoms with Crippen LogP contribution in [0.25, 0.3) is 11.3 Å². The molecule has 10 heteroatoms. The largest absolute Gasteiger partial charge is 0.364 e. The van der Waals surface area contributed by atoms with Gasteiger partial charge in [-0.25, -0.2) is 14.6 Å². The highest BCUT2D eigenvalue weighted by Gasteiger charge is 2.33. The molecule has 1 saturated heterocycles. The molecule has 0 aliphatic carbocycles. The fraction of sp³-hybridized carbons (Fsp3) is 0.269. The third kappa shape index (κ3) is 5.12. The molecule has 186 valence electrons. The van der Waals surface area contributed by atoms with Gasteiger partial charge >= 0.3 is 0 Å². The number of hydrogen-bond acceptors (Lipinski definition) is 6. The van der Waals surface area contributed by atoms with Gasteiger partial charge in [-0.2, -0.15) is 0 Å². The number of aromatic nitrogens is 3. The SMILES string of the molecule is CC(C)=CC(=O)N1CCCC[C@H]1c1nc(-c2ccc(C(=O)Nc3ccccn3)cc2)c(C(N)=O)n1N. The maximum atomic E-state index is 12.9. The van der Waals surface area contributed by atoms with Crippen molar-refractivity contribution in [2.75, 3.05) is 17.7 Å². The van der Waals surface area contributed by atoms with Crippen molar-refractivity contribution in [3.63, 3.8) is 0 Å². The highest BCUT2D eigenvalue weighted by Crippen LogP contribution is 2.33. The fourth-order valence-corrected chi connectivity index (χ4v) is 4.32. The Morgan fingerprint density at radius 1 is 1.08 bits per heavy atom. The van der Waals surface area contributed by atoms with Crippen molar-refractivity contribution in [3.8, 4) is 11.3 Å². The van der Waals surface area contributed by atoms with Gasteiger partial charge in [-0.1, -0.05) is 23.8 Å². The van der Waals surface area contributed by atoms with Crippen LogP contribution < -0.4 is 16.9 Å². The number of rotatable bonds is 6. The lowest BCUT2D eigenvalue weighted by molar-refractivity contribution is -0.130. The molecule has 3 heterocycles. The van der Waals surface area contributed by atoms with Crippen LogP contribution in [0.15, 0.2) is 60.3 Å². The fourth-order valence-electron chi connectivity index (χ4n) is 4.32. The summed E-state index contributed by atoms with van der Waals surface area (Å²) in [6, 6.07) is 11.4. The van der Waals surface area contributed by atoms with Crippen LogP contribution in [0.1, 0.15) is 65.8 Å². The Morgan fingerprint density at radius 2 is 1.83 bits per heavy atom. The molecule has 0 radical (unpaired) electrons. The quantitative estimate of drug-likeness (QED) is 0.359. The first kappa shape index (κ1) is 24.6. The number of allylic oxidation sites excluding steroid dienone is 1. The van der Waals surface area contributed by atoms with Crippen molar-refractivity contribution in [2.24, 2.45) is 5.73 Å². The van der Waals surface area contributed by atoms with Gasteiger partial charge in [0.1, 0.15) is 11.5 Å². The Labute approximate surface area is 209 Å². The van der Waals surface area contributed by atoms with E-state index < -0.39 is 5.91 Å². The lowest BCUT2D eigenvalue weighted by Crippen LogP contribution is -2.40. The highest BCUT2D eigenvalue weighted by molar-refractivity contribution is 6.04. The second-order valence-electron chi connectivity index (χ2n) is 8.91. The molecule has 1 aliphatic rings. The van der Waals surface area contributed by atoms with Crippen molar-refractivity contribution in [1.29, 1.82) is 0 Å². The number of imidazole rings is 1. The normalized spacial score (nSPS) is 15.3. The minimum atomic E-state index is -0.735. The molecule has 0 bridgehead atoms. The summed E-state index contributed by atoms with van der Waals surface area (Å²) >= 11 is 0. The summed E-state index contributed by atoms with van der Waals surface area (Å²) in [6.07, 6.45) is 5.62. The first-order chi connectivity index (χ1) is 17.3. The van der Waals surface area contributed by atoms with E-state index in [-0.39, 0.29) is 23.6 Å². The van der Waals surface area contributed by atoms with Crippen molar-refractivity contribution in [2.45, 2.75) is 39.2 Å². The molecule has 5 N–H and O–H groups in total. The number of anilines is 1. The van der Waals surface area contributed by atoms with Crippen LogP contribution in [0, 0.1) is 0 Å². The standard InChI is InChI=1S/C26H29N7O3/c1-16(2)15-21(34)32-14-6-4-7-19(32)25-31-22(23(24(27)35)33(25)28)17-9-11-18(12-10-17)26(36)30-20-8-3-5-13-29-20/h3,5,8-13,15,19H,4,6-7,14,28H2,1-2H3,(H2,27,35)(H,29,30,36)/t19-/m0/s1. The van der Waals surface area contributed by atoms with Crippen LogP contribution in [0.2, 0.25) is 0 Å². The summed E-state index contributed by atoms with van der Waals surface area (Å²) in [5.41, 5.74) is 7.89. The van der Waals surface area contributed by atoms with Gasteiger partial charge in [0.25, 0.3) is 11.8 Å². The number of nitrogen functional groups attached to an aromatic ring is 1. The zero-order valence-electron chi connectivity index (χ0n) is 20.3. The maximum absolute atomic E-state index is 12.9. The first-order valence-electron chi connectivity index (χ1n) is 11.7. The summed E-state index contributed by atoms with van der Waals surface area (Å²) in [6.45, 7) is 4.30. The summed E-state index contributed by atoms with van der Waals surface area (Å²) in [7, 11) is 0. The van der Waals surface area contributed by atoms with Crippen LogP contribution in [0.4, 0.5) is 5.82 Å². The van der Waals surface area contributed by atoms with Crippen molar-refractivity contribution in [3.05, 3.63) is 77.4 Å². The van der Waals surface area contributed by atoms with Crippen molar-refractivity contribution >= 4 is 23.5 Å². The highest BCUT2D eigenvalue weighted by atomic mass is 16.2. The third-order valence-corrected chi connectivity index (χ3v) is 5.99. The zero-order chi connectivity index (χ0) is 25.8. The molecule has 3 aromatic rings. The van der Waals surface area contributed by atoms with E-state index in [1.165, 1.54) is 4.68 Å². The first-order valence-corrected chi connectivity index (χ1v) is 11.7. The van der Waals surface area contributed by atoms with E-state index >= 15 is 0 Å². The smallest absolute Gasteiger partial charge is 0.269 e. The molecule has 10 nitrogen and oxygen atoms in total. The van der Waals surface area contributed by atoms with E-state index in [4.69, 9.17) is 16.6 Å². The molecule has 1 aromatic carbocycles. The number of hydrogen-bond donors (Lipinski definition) is 3. The Hall–Kier alpha value is -4.47. The van der Waals surface area contributed by atoms with Crippen LogP contribution in [0.3, 0.4) is 0 Å². The summed E-state index contributed by atoms with van der Waals surface area (Å²) in [5, 5.41) is 2.73. The minimum absolute atomic E-state index is 0.0378. The number of carbonyl (C=O) groups is 3. The van der Waals surface area contributed by atoms with Gasteiger partial charge < -0.3 is 21.8 Å². The summed E-state index contributed by atoms with van der Waals surface area (Å²) in [5.74, 6) is 5.99. The number of piperidine rings is 1. The molecular weight excluding hydrogens is 458 g/mol. The van der Waals surface area contributed by atoms with E-state index in [9.17, 15) is 14.4 Å². The predicted octanol–water partition coefficient (Wildman–Crippen LogP) is 3.03. The second-order valence-corrected chi connectivity index (χ2v) is 8.91. The van der Waals surface area contributed by atoms with Gasteiger partial charge in [0, 0.05) is 29.9 Å². The molecule has 1 fully saturated rings. The number of carbonyl (C=O) groups excluding carboxylic acids is 3. The molecular formula is C26H29N7O3. The number of nitrogens with one attached hydrogen (secondary N) is 1. The average Bonchev–Trinajstić information content (AvgIpc) is 3.21. The van der Waals surface area contributed by atoms with Crippen LogP contribution in [-0.4, -0.2) is 43.8 Å². The average molecular weight is 488 g/mol. The molecule has 3 amide bonds. The minimum Gasteiger partial charge on any atom is -0.364 e. The lowest BCUT2D eigenvalue weighted by Gasteiger charge is -2.34. The number of nitrogens with two attached hydrogens (primary N) is 2. The zero-order valence-corrected chi connectivity index (χ0v) is 20.3. The number of likely N-dealkylation sites (tertiary alicyclic amines) is 1. The monoisotopic (exact) mass is 487 g/mol. The van der Waals surface area contributed by atoms with E-state index in [1.54, 1.807) is 59.6 Å². The molecule has 0 saturated carbocycles. The van der Waals surface area contributed by atoms with Crippen molar-refractivity contribution < 1.29 is 14.4 Å². The van der Waals surface area contributed by atoms with Crippen molar-refractivity contribution in [1.82, 2.24) is 19.5 Å². The number of amides is 3. The van der Waals surface area contributed by atoms with Crippen LogP contribution in [0.5, 0.6) is 0 Å². The van der Waals surface area contributed by atoms with Crippen LogP contribution in [-0.2, 0) is 4.79 Å². The van der Waals surface area contributed by atoms with E-state index in [0.717, 1.165) is 18.4 Å². The third-order valence-electron chi connectivity index (χ3n) is 5.99. The van der Waals surface area contributed by atoms with E-state index in [0.29, 0.717) is 41.4 Å². The molecule has 36 heavy (non-hydrogen) atoms. The molecule has 4 rings (SSSR count). The van der Waals surface area contributed by atoms with Gasteiger partial charge in [0.05, 0.1) is 6.04 Å². The van der Waals surface area contributed by atoms with E-state index in [2.05, 4.69) is 10.3 Å². The molecule has 1 aliphatic heterocycles.